The maximum Gasteiger partial charge on any atom is 0.300 e. The fourth-order valence-corrected chi connectivity index (χ4v) is 5.32. The van der Waals surface area contributed by atoms with Crippen molar-refractivity contribution in [3.8, 4) is 0 Å². The highest BCUT2D eigenvalue weighted by molar-refractivity contribution is 6.51. The fourth-order valence-electron chi connectivity index (χ4n) is 5.32. The smallest absolute Gasteiger partial charge is 0.300 e. The number of anilines is 2. The molecule has 5 heteroatoms. The number of carbonyl (C=O) groups excluding carboxylic acids is 2. The first-order chi connectivity index (χ1) is 18.3. The van der Waals surface area contributed by atoms with Gasteiger partial charge in [0.2, 0.25) is 0 Å². The number of aryl methyl sites for hydroxylation is 2. The monoisotopic (exact) mass is 504 g/mol. The molecule has 1 atom stereocenters. The molecule has 1 aliphatic rings. The van der Waals surface area contributed by atoms with Gasteiger partial charge < -0.3 is 10.0 Å². The number of amides is 1. The van der Waals surface area contributed by atoms with Crippen LogP contribution in [0, 0.1) is 13.8 Å². The Morgan fingerprint density at radius 1 is 0.842 bits per heavy atom. The molecule has 0 spiro atoms. The molecule has 5 rings (SSSR count). The molecule has 1 fully saturated rings. The predicted octanol–water partition coefficient (Wildman–Crippen LogP) is 6.93. The Morgan fingerprint density at radius 3 is 2.21 bits per heavy atom. The zero-order valence-electron chi connectivity index (χ0n) is 22.2. The summed E-state index contributed by atoms with van der Waals surface area (Å²) in [4.78, 5) is 31.0. The molecule has 5 nitrogen and oxygen atoms in total. The van der Waals surface area contributed by atoms with E-state index in [1.807, 2.05) is 92.7 Å². The van der Waals surface area contributed by atoms with Crippen molar-refractivity contribution in [2.45, 2.75) is 33.7 Å². The molecule has 0 bridgehead atoms. The van der Waals surface area contributed by atoms with E-state index in [0.717, 1.165) is 46.2 Å². The molecule has 1 unspecified atom stereocenters. The van der Waals surface area contributed by atoms with Crippen LogP contribution in [0.15, 0.2) is 90.5 Å². The quantitative estimate of drug-likeness (QED) is 0.176. The number of aliphatic hydroxyl groups is 1. The van der Waals surface area contributed by atoms with E-state index >= 15 is 0 Å². The number of fused-ring (bicyclic) bond motifs is 1. The lowest BCUT2D eigenvalue weighted by Crippen LogP contribution is -2.29. The first kappa shape index (κ1) is 25.3. The minimum atomic E-state index is -0.762. The second-order valence-corrected chi connectivity index (χ2v) is 9.73. The number of nitrogens with zero attached hydrogens (tertiary/aromatic N) is 2. The SMILES string of the molecule is CCN(CC)c1ccc(C2/C(=C(/O)c3cccc4ccccc34)C(=O)C(=O)N2c2ccc(C)c(C)c2)cc1. The Balaban J connectivity index is 1.73. The van der Waals surface area contributed by atoms with Crippen LogP contribution in [0.4, 0.5) is 11.4 Å². The molecule has 0 aliphatic carbocycles. The number of benzene rings is 4. The molecule has 38 heavy (non-hydrogen) atoms. The third-order valence-corrected chi connectivity index (χ3v) is 7.60. The first-order valence-corrected chi connectivity index (χ1v) is 13.1. The van der Waals surface area contributed by atoms with Gasteiger partial charge in [0, 0.05) is 30.0 Å². The van der Waals surface area contributed by atoms with Crippen LogP contribution >= 0.6 is 0 Å². The fraction of sp³-hybridized carbons (Fsp3) is 0.212. The average Bonchev–Trinajstić information content (AvgIpc) is 3.20. The van der Waals surface area contributed by atoms with Gasteiger partial charge >= 0.3 is 0 Å². The summed E-state index contributed by atoms with van der Waals surface area (Å²) in [6.45, 7) is 9.96. The van der Waals surface area contributed by atoms with Crippen LogP contribution < -0.4 is 9.80 Å². The Kier molecular flexibility index (Phi) is 6.77. The van der Waals surface area contributed by atoms with E-state index in [1.165, 1.54) is 4.90 Å². The van der Waals surface area contributed by atoms with Gasteiger partial charge in [0.1, 0.15) is 5.76 Å². The highest BCUT2D eigenvalue weighted by atomic mass is 16.3. The summed E-state index contributed by atoms with van der Waals surface area (Å²) in [5.41, 5.74) is 5.21. The van der Waals surface area contributed by atoms with Crippen molar-refractivity contribution in [2.24, 2.45) is 0 Å². The van der Waals surface area contributed by atoms with E-state index in [-0.39, 0.29) is 11.3 Å². The lowest BCUT2D eigenvalue weighted by Gasteiger charge is -2.27. The molecule has 1 N–H and O–H groups in total. The van der Waals surface area contributed by atoms with Crippen molar-refractivity contribution in [3.05, 3.63) is 113 Å². The Bertz CT molecular complexity index is 1560. The van der Waals surface area contributed by atoms with Gasteiger partial charge in [-0.15, -0.1) is 0 Å². The second-order valence-electron chi connectivity index (χ2n) is 9.73. The van der Waals surface area contributed by atoms with Gasteiger partial charge in [0.25, 0.3) is 11.7 Å². The number of Topliss-reactive ketones (excluding diaryl/α,β-unsaturated/α-hetero) is 1. The lowest BCUT2D eigenvalue weighted by molar-refractivity contribution is -0.132. The lowest BCUT2D eigenvalue weighted by atomic mass is 9.93. The summed E-state index contributed by atoms with van der Waals surface area (Å²) >= 11 is 0. The van der Waals surface area contributed by atoms with E-state index in [4.69, 9.17) is 0 Å². The number of aliphatic hydroxyl groups excluding tert-OH is 1. The molecule has 0 aromatic heterocycles. The molecule has 0 radical (unpaired) electrons. The molecular weight excluding hydrogens is 472 g/mol. The van der Waals surface area contributed by atoms with Crippen molar-refractivity contribution < 1.29 is 14.7 Å². The van der Waals surface area contributed by atoms with E-state index in [0.29, 0.717) is 11.3 Å². The van der Waals surface area contributed by atoms with Crippen molar-refractivity contribution in [2.75, 3.05) is 22.9 Å². The van der Waals surface area contributed by atoms with Gasteiger partial charge in [-0.2, -0.15) is 0 Å². The average molecular weight is 505 g/mol. The molecule has 0 saturated carbocycles. The molecule has 4 aromatic carbocycles. The van der Waals surface area contributed by atoms with Crippen LogP contribution in [-0.4, -0.2) is 29.9 Å². The van der Waals surface area contributed by atoms with Gasteiger partial charge in [0.05, 0.1) is 11.6 Å². The van der Waals surface area contributed by atoms with E-state index in [1.54, 1.807) is 6.07 Å². The highest BCUT2D eigenvalue weighted by Crippen LogP contribution is 2.43. The van der Waals surface area contributed by atoms with Crippen LogP contribution in [0.1, 0.15) is 42.1 Å². The maximum atomic E-state index is 13.6. The minimum absolute atomic E-state index is 0.0974. The Hall–Kier alpha value is -4.38. The zero-order chi connectivity index (χ0) is 27.0. The number of carbonyl (C=O) groups is 2. The highest BCUT2D eigenvalue weighted by Gasteiger charge is 2.47. The zero-order valence-corrected chi connectivity index (χ0v) is 22.2. The summed E-state index contributed by atoms with van der Waals surface area (Å²) in [5, 5.41) is 13.5. The molecule has 1 saturated heterocycles. The predicted molar refractivity (Wildman–Crippen MR) is 155 cm³/mol. The molecule has 1 amide bonds. The standard InChI is InChI=1S/C33H32N2O3/c1-5-34(6-2)25-18-15-24(16-19-25)30-29(31(36)28-13-9-11-23-10-7-8-12-27(23)28)32(37)33(38)35(30)26-17-14-21(3)22(4)20-26/h7-20,30,36H,5-6H2,1-4H3/b31-29-. The summed E-state index contributed by atoms with van der Waals surface area (Å²) in [5.74, 6) is -1.50. The normalized spacial score (nSPS) is 16.8. The van der Waals surface area contributed by atoms with Gasteiger partial charge in [-0.1, -0.05) is 60.7 Å². The topological polar surface area (TPSA) is 60.9 Å². The molecular formula is C33H32N2O3. The van der Waals surface area contributed by atoms with Crippen LogP contribution in [0.2, 0.25) is 0 Å². The van der Waals surface area contributed by atoms with Gasteiger partial charge in [-0.25, -0.2) is 0 Å². The van der Waals surface area contributed by atoms with Crippen molar-refractivity contribution in [3.63, 3.8) is 0 Å². The molecule has 4 aromatic rings. The largest absolute Gasteiger partial charge is 0.507 e. The number of hydrogen-bond acceptors (Lipinski definition) is 4. The van der Waals surface area contributed by atoms with Crippen LogP contribution in [0.5, 0.6) is 0 Å². The van der Waals surface area contributed by atoms with Gasteiger partial charge in [-0.3, -0.25) is 14.5 Å². The van der Waals surface area contributed by atoms with E-state index < -0.39 is 17.7 Å². The third kappa shape index (κ3) is 4.24. The van der Waals surface area contributed by atoms with Crippen molar-refractivity contribution in [1.29, 1.82) is 0 Å². The van der Waals surface area contributed by atoms with E-state index in [9.17, 15) is 14.7 Å². The number of ketones is 1. The van der Waals surface area contributed by atoms with Crippen molar-refractivity contribution >= 4 is 39.6 Å². The van der Waals surface area contributed by atoms with Gasteiger partial charge in [0.15, 0.2) is 0 Å². The number of rotatable bonds is 6. The number of hydrogen-bond donors (Lipinski definition) is 1. The van der Waals surface area contributed by atoms with Gasteiger partial charge in [-0.05, 0) is 79.4 Å². The molecule has 1 aliphatic heterocycles. The third-order valence-electron chi connectivity index (χ3n) is 7.60. The summed E-state index contributed by atoms with van der Waals surface area (Å²) in [6, 6.07) is 26.2. The Morgan fingerprint density at radius 2 is 1.53 bits per heavy atom. The molecule has 1 heterocycles. The molecule has 192 valence electrons. The Labute approximate surface area is 223 Å². The van der Waals surface area contributed by atoms with Crippen LogP contribution in [0.3, 0.4) is 0 Å². The minimum Gasteiger partial charge on any atom is -0.507 e. The summed E-state index contributed by atoms with van der Waals surface area (Å²) in [6.07, 6.45) is 0. The van der Waals surface area contributed by atoms with Crippen LogP contribution in [-0.2, 0) is 9.59 Å². The van der Waals surface area contributed by atoms with Crippen LogP contribution in [0.25, 0.3) is 16.5 Å². The van der Waals surface area contributed by atoms with E-state index in [2.05, 4.69) is 18.7 Å². The summed E-state index contributed by atoms with van der Waals surface area (Å²) in [7, 11) is 0. The van der Waals surface area contributed by atoms with Crippen molar-refractivity contribution in [1.82, 2.24) is 0 Å². The first-order valence-electron chi connectivity index (χ1n) is 13.1. The summed E-state index contributed by atoms with van der Waals surface area (Å²) < 4.78 is 0. The maximum absolute atomic E-state index is 13.6. The second kappa shape index (κ2) is 10.2.